The van der Waals surface area contributed by atoms with Crippen LogP contribution in [0.5, 0.6) is 5.75 Å². The summed E-state index contributed by atoms with van der Waals surface area (Å²) in [5.74, 6) is -1.50. The van der Waals surface area contributed by atoms with Gasteiger partial charge in [0.25, 0.3) is 17.7 Å². The van der Waals surface area contributed by atoms with E-state index in [1.165, 1.54) is 12.1 Å². The van der Waals surface area contributed by atoms with Crippen LogP contribution in [0, 0.1) is 11.8 Å². The Morgan fingerprint density at radius 2 is 1.57 bits per heavy atom. The molecule has 5 rings (SSSR count). The summed E-state index contributed by atoms with van der Waals surface area (Å²) in [4.78, 5) is 79.8. The number of likely N-dealkylation sites (tertiary alicyclic amines) is 2. The zero-order valence-corrected chi connectivity index (χ0v) is 24.0. The maximum Gasteiger partial charge on any atom is 0.409 e. The van der Waals surface area contributed by atoms with Crippen molar-refractivity contribution in [1.29, 1.82) is 0 Å². The quantitative estimate of drug-likeness (QED) is 0.364. The molecule has 0 aromatic heterocycles. The Kier molecular flexibility index (Phi) is 9.08. The third kappa shape index (κ3) is 6.12. The highest BCUT2D eigenvalue weighted by atomic mass is 16.6. The highest BCUT2D eigenvalue weighted by Crippen LogP contribution is 2.35. The lowest BCUT2D eigenvalue weighted by Crippen LogP contribution is -2.54. The number of hydrogen-bond donors (Lipinski definition) is 1. The number of hydrogen-bond acceptors (Lipinski definition) is 8. The zero-order chi connectivity index (χ0) is 29.8. The summed E-state index contributed by atoms with van der Waals surface area (Å²) in [7, 11) is 0. The number of ether oxygens (including phenoxy) is 2. The van der Waals surface area contributed by atoms with Gasteiger partial charge in [-0.2, -0.15) is 0 Å². The number of fused-ring (bicyclic) bond motifs is 1. The maximum absolute atomic E-state index is 13.2. The number of imide groups is 2. The van der Waals surface area contributed by atoms with Gasteiger partial charge in [0.05, 0.1) is 17.7 Å². The van der Waals surface area contributed by atoms with Crippen LogP contribution >= 0.6 is 0 Å². The number of piperidine rings is 3. The SMILES string of the molecule is CCCCOC(=O)N1CCC(C2CCN(C(=O)COc3cccc4c3C(=O)N(C3CCC(=O)NC3=O)C4=O)CC2)CC1. The molecule has 0 radical (unpaired) electrons. The van der Waals surface area contributed by atoms with Crippen LogP contribution in [-0.4, -0.2) is 95.8 Å². The van der Waals surface area contributed by atoms with Crippen molar-refractivity contribution in [3.8, 4) is 5.75 Å². The normalized spacial score (nSPS) is 21.8. The molecule has 4 aliphatic rings. The van der Waals surface area contributed by atoms with E-state index >= 15 is 0 Å². The largest absolute Gasteiger partial charge is 0.483 e. The number of benzene rings is 1. The first kappa shape index (κ1) is 29.5. The molecule has 12 heteroatoms. The molecule has 42 heavy (non-hydrogen) atoms. The first-order chi connectivity index (χ1) is 20.3. The van der Waals surface area contributed by atoms with Crippen molar-refractivity contribution in [2.45, 2.75) is 64.3 Å². The van der Waals surface area contributed by atoms with Crippen molar-refractivity contribution >= 4 is 35.6 Å². The topological polar surface area (TPSA) is 143 Å². The third-order valence-electron chi connectivity index (χ3n) is 8.86. The highest BCUT2D eigenvalue weighted by molar-refractivity contribution is 6.24. The average Bonchev–Trinajstić information content (AvgIpc) is 3.26. The van der Waals surface area contributed by atoms with Gasteiger partial charge in [-0.25, -0.2) is 4.79 Å². The molecule has 3 saturated heterocycles. The van der Waals surface area contributed by atoms with E-state index in [9.17, 15) is 28.8 Å². The van der Waals surface area contributed by atoms with Crippen LogP contribution in [0.2, 0.25) is 0 Å². The van der Waals surface area contributed by atoms with Gasteiger partial charge in [0.2, 0.25) is 11.8 Å². The molecule has 1 aromatic rings. The van der Waals surface area contributed by atoms with E-state index in [0.717, 1.165) is 43.4 Å². The Labute approximate surface area is 244 Å². The van der Waals surface area contributed by atoms with Gasteiger partial charge < -0.3 is 19.3 Å². The molecule has 0 spiro atoms. The molecule has 226 valence electrons. The second-order valence-corrected chi connectivity index (χ2v) is 11.4. The second-order valence-electron chi connectivity index (χ2n) is 11.4. The van der Waals surface area contributed by atoms with Gasteiger partial charge in [-0.15, -0.1) is 0 Å². The van der Waals surface area contributed by atoms with Crippen molar-refractivity contribution in [3.63, 3.8) is 0 Å². The standard InChI is InChI=1S/C30H38N4O8/c1-2-3-17-41-30(40)33-15-11-20(12-16-33)19-9-13-32(14-10-19)25(36)18-42-23-6-4-5-21-26(23)29(39)34(28(21)38)22-7-8-24(35)31-27(22)37/h4-6,19-20,22H,2-3,7-18H2,1H3,(H,31,35,37). The van der Waals surface area contributed by atoms with Gasteiger partial charge in [0.15, 0.2) is 6.61 Å². The van der Waals surface area contributed by atoms with E-state index in [1.54, 1.807) is 15.9 Å². The number of amides is 6. The fraction of sp³-hybridized carbons (Fsp3) is 0.600. The van der Waals surface area contributed by atoms with Crippen LogP contribution < -0.4 is 10.1 Å². The second kappa shape index (κ2) is 12.9. The molecule has 1 atom stereocenters. The number of unbranched alkanes of at least 4 members (excludes halogenated alkanes) is 1. The van der Waals surface area contributed by atoms with E-state index in [1.807, 2.05) is 0 Å². The maximum atomic E-state index is 13.2. The first-order valence-electron chi connectivity index (χ1n) is 14.9. The molecule has 1 unspecified atom stereocenters. The molecule has 0 saturated carbocycles. The molecule has 1 N–H and O–H groups in total. The first-order valence-corrected chi connectivity index (χ1v) is 14.9. The lowest BCUT2D eigenvalue weighted by atomic mass is 9.79. The van der Waals surface area contributed by atoms with E-state index in [2.05, 4.69) is 12.2 Å². The van der Waals surface area contributed by atoms with Crippen molar-refractivity contribution in [2.75, 3.05) is 39.4 Å². The van der Waals surface area contributed by atoms with Crippen LogP contribution in [-0.2, 0) is 19.1 Å². The smallest absolute Gasteiger partial charge is 0.409 e. The van der Waals surface area contributed by atoms with Gasteiger partial charge >= 0.3 is 6.09 Å². The summed E-state index contributed by atoms with van der Waals surface area (Å²) in [5.41, 5.74) is 0.134. The molecule has 12 nitrogen and oxygen atoms in total. The van der Waals surface area contributed by atoms with Crippen LogP contribution in [0.15, 0.2) is 18.2 Å². The van der Waals surface area contributed by atoms with Crippen molar-refractivity contribution in [1.82, 2.24) is 20.0 Å². The summed E-state index contributed by atoms with van der Waals surface area (Å²) < 4.78 is 11.1. The molecule has 4 heterocycles. The Bertz CT molecular complexity index is 1250. The fourth-order valence-corrected chi connectivity index (χ4v) is 6.40. The van der Waals surface area contributed by atoms with Gasteiger partial charge in [-0.05, 0) is 62.5 Å². The predicted octanol–water partition coefficient (Wildman–Crippen LogP) is 2.35. The third-order valence-corrected chi connectivity index (χ3v) is 8.86. The minimum absolute atomic E-state index is 0.0271. The lowest BCUT2D eigenvalue weighted by Gasteiger charge is -2.39. The lowest BCUT2D eigenvalue weighted by molar-refractivity contribution is -0.136. The number of carbonyl (C=O) groups is 6. The van der Waals surface area contributed by atoms with Crippen LogP contribution in [0.25, 0.3) is 0 Å². The van der Waals surface area contributed by atoms with E-state index in [0.29, 0.717) is 44.6 Å². The zero-order valence-electron chi connectivity index (χ0n) is 24.0. The van der Waals surface area contributed by atoms with E-state index in [4.69, 9.17) is 9.47 Å². The van der Waals surface area contributed by atoms with Crippen molar-refractivity contribution in [3.05, 3.63) is 29.3 Å². The molecule has 0 aliphatic carbocycles. The minimum atomic E-state index is -1.07. The summed E-state index contributed by atoms with van der Waals surface area (Å²) in [6.07, 6.45) is 5.37. The van der Waals surface area contributed by atoms with Crippen LogP contribution in [0.3, 0.4) is 0 Å². The minimum Gasteiger partial charge on any atom is -0.483 e. The predicted molar refractivity (Wildman–Crippen MR) is 148 cm³/mol. The Morgan fingerprint density at radius 3 is 2.21 bits per heavy atom. The summed E-state index contributed by atoms with van der Waals surface area (Å²) in [6.45, 7) is 4.87. The fourth-order valence-electron chi connectivity index (χ4n) is 6.40. The number of rotatable bonds is 8. The molecule has 0 bridgehead atoms. The van der Waals surface area contributed by atoms with Gasteiger partial charge in [-0.3, -0.25) is 34.2 Å². The molecule has 3 fully saturated rings. The van der Waals surface area contributed by atoms with E-state index in [-0.39, 0.29) is 48.3 Å². The van der Waals surface area contributed by atoms with Gasteiger partial charge in [0, 0.05) is 32.6 Å². The Balaban J connectivity index is 1.10. The Hall–Kier alpha value is -3.96. The number of nitrogens with zero attached hydrogens (tertiary/aromatic N) is 3. The summed E-state index contributed by atoms with van der Waals surface area (Å²) in [6, 6.07) is 3.52. The number of carbonyl (C=O) groups excluding carboxylic acids is 6. The molecule has 4 aliphatic heterocycles. The van der Waals surface area contributed by atoms with Crippen LogP contribution in [0.4, 0.5) is 4.79 Å². The van der Waals surface area contributed by atoms with Crippen molar-refractivity contribution in [2.24, 2.45) is 11.8 Å². The van der Waals surface area contributed by atoms with E-state index < -0.39 is 29.7 Å². The molecular formula is C30H38N4O8. The van der Waals surface area contributed by atoms with Gasteiger partial charge in [0.1, 0.15) is 11.8 Å². The van der Waals surface area contributed by atoms with Crippen LogP contribution in [0.1, 0.15) is 79.0 Å². The Morgan fingerprint density at radius 1 is 0.905 bits per heavy atom. The monoisotopic (exact) mass is 582 g/mol. The molecule has 6 amide bonds. The average molecular weight is 583 g/mol. The highest BCUT2D eigenvalue weighted by Gasteiger charge is 2.46. The van der Waals surface area contributed by atoms with Crippen molar-refractivity contribution < 1.29 is 38.2 Å². The number of nitrogens with one attached hydrogen (secondary N) is 1. The summed E-state index contributed by atoms with van der Waals surface area (Å²) in [5, 5.41) is 2.18. The van der Waals surface area contributed by atoms with Gasteiger partial charge in [-0.1, -0.05) is 19.4 Å². The molecule has 1 aromatic carbocycles. The summed E-state index contributed by atoms with van der Waals surface area (Å²) >= 11 is 0. The molecular weight excluding hydrogens is 544 g/mol.